The molecule has 0 spiro atoms. The van der Waals surface area contributed by atoms with Crippen molar-refractivity contribution >= 4 is 41.9 Å². The summed E-state index contributed by atoms with van der Waals surface area (Å²) in [4.78, 5) is 9.60. The molecule has 4 nitrogen and oxygen atoms in total. The van der Waals surface area contributed by atoms with Crippen LogP contribution in [0.25, 0.3) is 6.08 Å². The van der Waals surface area contributed by atoms with E-state index in [4.69, 9.17) is 27.9 Å². The fourth-order valence-corrected chi connectivity index (χ4v) is 1.23. The number of benzene rings is 1. The third-order valence-electron chi connectivity index (χ3n) is 1.91. The lowest BCUT2D eigenvalue weighted by Crippen LogP contribution is -2.12. The maximum absolute atomic E-state index is 9.60. The van der Waals surface area contributed by atoms with Gasteiger partial charge in [-0.2, -0.15) is 0 Å². The number of carboxylic acids is 1. The molecule has 0 aliphatic carbocycles. The summed E-state index contributed by atoms with van der Waals surface area (Å²) in [6.45, 7) is 8.20. The zero-order chi connectivity index (χ0) is 14.3. The standard InChI is InChI=1S/C9H9ClN2.C4H6O2.ClH/c1-2-6-7(9(11)12)4-3-5-8(6)10;1-3(2)4(5)6;/h2-5H,1H2,(H3,11,12);1H2,2H3,(H,5,6);1H. The number of carbonyl (C=O) groups is 1. The first-order valence-corrected chi connectivity index (χ1v) is 5.33. The highest BCUT2D eigenvalue weighted by Crippen LogP contribution is 2.20. The first-order valence-electron chi connectivity index (χ1n) is 4.95. The summed E-state index contributed by atoms with van der Waals surface area (Å²) >= 11 is 5.85. The SMILES string of the molecule is C=C(C)C(=O)O.C=Cc1c(Cl)cccc1C(=N)N.Cl. The van der Waals surface area contributed by atoms with Crippen LogP contribution in [0.3, 0.4) is 0 Å². The van der Waals surface area contributed by atoms with Gasteiger partial charge in [-0.3, -0.25) is 5.41 Å². The summed E-state index contributed by atoms with van der Waals surface area (Å²) in [6, 6.07) is 5.24. The van der Waals surface area contributed by atoms with Crippen molar-refractivity contribution in [2.45, 2.75) is 6.92 Å². The smallest absolute Gasteiger partial charge is 0.330 e. The third kappa shape index (κ3) is 6.64. The van der Waals surface area contributed by atoms with Crippen LogP contribution in [-0.4, -0.2) is 16.9 Å². The molecule has 0 aliphatic rings. The van der Waals surface area contributed by atoms with Gasteiger partial charge in [0.1, 0.15) is 5.84 Å². The molecule has 0 amide bonds. The maximum Gasteiger partial charge on any atom is 0.330 e. The second kappa shape index (κ2) is 9.19. The highest BCUT2D eigenvalue weighted by atomic mass is 35.5. The van der Waals surface area contributed by atoms with Crippen LogP contribution in [0, 0.1) is 5.41 Å². The molecule has 0 fully saturated rings. The fraction of sp³-hybridized carbons (Fsp3) is 0.0769. The predicted molar refractivity (Wildman–Crippen MR) is 82.3 cm³/mol. The van der Waals surface area contributed by atoms with E-state index in [-0.39, 0.29) is 23.8 Å². The molecule has 1 aromatic rings. The lowest BCUT2D eigenvalue weighted by Gasteiger charge is -2.04. The fourth-order valence-electron chi connectivity index (χ4n) is 0.979. The van der Waals surface area contributed by atoms with Crippen molar-refractivity contribution in [1.82, 2.24) is 0 Å². The number of amidine groups is 1. The summed E-state index contributed by atoms with van der Waals surface area (Å²) in [7, 11) is 0. The molecule has 19 heavy (non-hydrogen) atoms. The third-order valence-corrected chi connectivity index (χ3v) is 2.24. The number of nitrogen functional groups attached to an aromatic ring is 1. The van der Waals surface area contributed by atoms with Gasteiger partial charge in [-0.05, 0) is 13.0 Å². The van der Waals surface area contributed by atoms with Gasteiger partial charge < -0.3 is 10.8 Å². The molecule has 0 bridgehead atoms. The summed E-state index contributed by atoms with van der Waals surface area (Å²) in [5, 5.41) is 15.7. The highest BCUT2D eigenvalue weighted by Gasteiger charge is 2.04. The van der Waals surface area contributed by atoms with E-state index >= 15 is 0 Å². The number of halogens is 2. The van der Waals surface area contributed by atoms with E-state index in [1.807, 2.05) is 0 Å². The van der Waals surface area contributed by atoms with Gasteiger partial charge in [0.15, 0.2) is 0 Å². The second-order valence-corrected chi connectivity index (χ2v) is 3.81. The van der Waals surface area contributed by atoms with Gasteiger partial charge in [-0.1, -0.05) is 43.0 Å². The van der Waals surface area contributed by atoms with Crippen molar-refractivity contribution in [2.24, 2.45) is 5.73 Å². The van der Waals surface area contributed by atoms with Crippen LogP contribution in [0.5, 0.6) is 0 Å². The van der Waals surface area contributed by atoms with E-state index < -0.39 is 5.97 Å². The van der Waals surface area contributed by atoms with Crippen LogP contribution < -0.4 is 5.73 Å². The molecule has 4 N–H and O–H groups in total. The number of hydrogen-bond acceptors (Lipinski definition) is 2. The zero-order valence-corrected chi connectivity index (χ0v) is 12.0. The first-order chi connectivity index (χ1) is 8.31. The van der Waals surface area contributed by atoms with Gasteiger partial charge in [0.05, 0.1) is 0 Å². The van der Waals surface area contributed by atoms with Gasteiger partial charge in [0, 0.05) is 21.7 Å². The molecule has 104 valence electrons. The number of nitrogens with one attached hydrogen (secondary N) is 1. The summed E-state index contributed by atoms with van der Waals surface area (Å²) < 4.78 is 0. The number of aliphatic carboxylic acids is 1. The van der Waals surface area contributed by atoms with Crippen molar-refractivity contribution in [2.75, 3.05) is 0 Å². The molecule has 1 aromatic carbocycles. The molecular weight excluding hydrogens is 287 g/mol. The van der Waals surface area contributed by atoms with Crippen molar-refractivity contribution in [3.63, 3.8) is 0 Å². The van der Waals surface area contributed by atoms with E-state index in [0.717, 1.165) is 0 Å². The lowest BCUT2D eigenvalue weighted by molar-refractivity contribution is -0.132. The highest BCUT2D eigenvalue weighted by molar-refractivity contribution is 6.32. The number of rotatable bonds is 3. The van der Waals surface area contributed by atoms with E-state index in [2.05, 4.69) is 13.2 Å². The molecule has 0 atom stereocenters. The minimum atomic E-state index is -0.935. The lowest BCUT2D eigenvalue weighted by atomic mass is 10.1. The van der Waals surface area contributed by atoms with Crippen molar-refractivity contribution in [1.29, 1.82) is 5.41 Å². The summed E-state index contributed by atoms with van der Waals surface area (Å²) in [5.41, 5.74) is 6.85. The Bertz CT molecular complexity index is 487. The minimum absolute atomic E-state index is 0. The Hall–Kier alpha value is -1.78. The summed E-state index contributed by atoms with van der Waals surface area (Å²) in [5.74, 6) is -0.928. The van der Waals surface area contributed by atoms with Crippen LogP contribution in [-0.2, 0) is 4.79 Å². The Morgan fingerprint density at radius 2 is 2.00 bits per heavy atom. The minimum Gasteiger partial charge on any atom is -0.478 e. The average molecular weight is 303 g/mol. The predicted octanol–water partition coefficient (Wildman–Crippen LogP) is 3.34. The van der Waals surface area contributed by atoms with Gasteiger partial charge in [0.2, 0.25) is 0 Å². The van der Waals surface area contributed by atoms with Crippen LogP contribution >= 0.6 is 24.0 Å². The van der Waals surface area contributed by atoms with Crippen LogP contribution in [0.4, 0.5) is 0 Å². The molecule has 0 heterocycles. The molecule has 0 radical (unpaired) electrons. The van der Waals surface area contributed by atoms with Crippen LogP contribution in [0.2, 0.25) is 5.02 Å². The van der Waals surface area contributed by atoms with Crippen molar-refractivity contribution in [3.05, 3.63) is 53.1 Å². The summed E-state index contributed by atoms with van der Waals surface area (Å²) in [6.07, 6.45) is 1.60. The monoisotopic (exact) mass is 302 g/mol. The maximum atomic E-state index is 9.60. The Labute approximate surface area is 123 Å². The van der Waals surface area contributed by atoms with Crippen LogP contribution in [0.15, 0.2) is 36.9 Å². The van der Waals surface area contributed by atoms with Gasteiger partial charge in [-0.15, -0.1) is 12.4 Å². The average Bonchev–Trinajstić information content (AvgIpc) is 2.29. The van der Waals surface area contributed by atoms with Crippen molar-refractivity contribution in [3.8, 4) is 0 Å². The zero-order valence-electron chi connectivity index (χ0n) is 10.4. The van der Waals surface area contributed by atoms with E-state index in [0.29, 0.717) is 16.1 Å². The molecule has 6 heteroatoms. The van der Waals surface area contributed by atoms with E-state index in [9.17, 15) is 4.79 Å². The largest absolute Gasteiger partial charge is 0.478 e. The van der Waals surface area contributed by atoms with Gasteiger partial charge in [-0.25, -0.2) is 4.79 Å². The second-order valence-electron chi connectivity index (χ2n) is 3.40. The van der Waals surface area contributed by atoms with Crippen molar-refractivity contribution < 1.29 is 9.90 Å². The molecule has 0 saturated carbocycles. The van der Waals surface area contributed by atoms with Gasteiger partial charge in [0.25, 0.3) is 0 Å². The van der Waals surface area contributed by atoms with Gasteiger partial charge >= 0.3 is 5.97 Å². The molecule has 0 saturated heterocycles. The van der Waals surface area contributed by atoms with Crippen LogP contribution in [0.1, 0.15) is 18.1 Å². The Kier molecular flexibility index (Phi) is 9.46. The Morgan fingerprint density at radius 1 is 1.53 bits per heavy atom. The molecule has 0 aromatic heterocycles. The quantitative estimate of drug-likeness (QED) is 0.454. The Morgan fingerprint density at radius 3 is 2.26 bits per heavy atom. The number of carboxylic acid groups (broad SMARTS) is 1. The molecule has 0 aliphatic heterocycles. The first kappa shape index (κ1) is 19.6. The Balaban J connectivity index is 0. The van der Waals surface area contributed by atoms with E-state index in [1.54, 1.807) is 24.3 Å². The molecular formula is C13H16Cl2N2O2. The molecule has 0 unspecified atom stereocenters. The number of nitrogens with two attached hydrogens (primary N) is 1. The number of hydrogen-bond donors (Lipinski definition) is 3. The normalized spacial score (nSPS) is 8.32. The molecule has 1 rings (SSSR count). The van der Waals surface area contributed by atoms with E-state index in [1.165, 1.54) is 6.92 Å². The topological polar surface area (TPSA) is 87.2 Å².